The first-order chi connectivity index (χ1) is 34.3. The van der Waals surface area contributed by atoms with Crippen molar-refractivity contribution in [3.05, 3.63) is 94.1 Å². The highest BCUT2D eigenvalue weighted by molar-refractivity contribution is 6.32. The summed E-state index contributed by atoms with van der Waals surface area (Å²) in [5.74, 6) is -2.59. The van der Waals surface area contributed by atoms with E-state index in [0.29, 0.717) is 87.1 Å². The molecule has 3 aromatic carbocycles. The van der Waals surface area contributed by atoms with Gasteiger partial charge >= 0.3 is 0 Å². The summed E-state index contributed by atoms with van der Waals surface area (Å²) < 4.78 is 36.0. The van der Waals surface area contributed by atoms with Crippen LogP contribution in [0.5, 0.6) is 5.75 Å². The summed E-state index contributed by atoms with van der Waals surface area (Å²) in [6, 6.07) is 13.7. The average molecular weight is 994 g/mol. The first-order valence-electron chi connectivity index (χ1n) is 25.1. The second kappa shape index (κ2) is 20.6. The summed E-state index contributed by atoms with van der Waals surface area (Å²) >= 11 is 6.60. The lowest BCUT2D eigenvalue weighted by atomic mass is 9.73. The number of piperidine rings is 3. The number of halogens is 3. The smallest absolute Gasteiger partial charge is 0.262 e. The molecule has 5 fully saturated rings. The van der Waals surface area contributed by atoms with Crippen molar-refractivity contribution >= 4 is 69.3 Å². The van der Waals surface area contributed by atoms with Gasteiger partial charge in [-0.1, -0.05) is 18.5 Å². The number of rotatable bonds is 11. The molecule has 1 saturated carbocycles. The molecule has 1 aliphatic carbocycles. The van der Waals surface area contributed by atoms with Crippen LogP contribution in [0.15, 0.2) is 60.8 Å². The van der Waals surface area contributed by atoms with E-state index in [1.807, 2.05) is 22.8 Å². The maximum Gasteiger partial charge on any atom is 0.262 e. The Bertz CT molecular complexity index is 2750. The molecule has 374 valence electrons. The normalized spacial score (nSPS) is 23.5. The number of ether oxygens (including phenoxy) is 1. The summed E-state index contributed by atoms with van der Waals surface area (Å²) in [5.41, 5.74) is 2.75. The molecule has 6 heterocycles. The fourth-order valence-electron chi connectivity index (χ4n) is 11.8. The van der Waals surface area contributed by atoms with Crippen molar-refractivity contribution in [2.75, 3.05) is 69.1 Å². The van der Waals surface area contributed by atoms with Gasteiger partial charge in [0.15, 0.2) is 0 Å². The Morgan fingerprint density at radius 1 is 0.817 bits per heavy atom. The van der Waals surface area contributed by atoms with Gasteiger partial charge in [0.05, 0.1) is 33.9 Å². The first-order valence-corrected chi connectivity index (χ1v) is 25.5. The van der Waals surface area contributed by atoms with Crippen LogP contribution in [0.25, 0.3) is 10.9 Å². The number of carbonyl (C=O) groups excluding carboxylic acids is 6. The van der Waals surface area contributed by atoms with E-state index < -0.39 is 35.5 Å². The van der Waals surface area contributed by atoms with Gasteiger partial charge in [0.2, 0.25) is 23.6 Å². The number of imide groups is 2. The number of piperazine rings is 1. The number of anilines is 2. The van der Waals surface area contributed by atoms with Crippen LogP contribution in [0, 0.1) is 23.5 Å². The Balaban J connectivity index is 0.641. The third kappa shape index (κ3) is 10.2. The van der Waals surface area contributed by atoms with Crippen LogP contribution in [0.4, 0.5) is 20.2 Å². The minimum absolute atomic E-state index is 0.00472. The fourth-order valence-corrected chi connectivity index (χ4v) is 11.9. The molecule has 0 spiro atoms. The number of aromatic nitrogens is 1. The average Bonchev–Trinajstić information content (AvgIpc) is 3.61. The number of fused-ring (bicyclic) bond motifs is 2. The van der Waals surface area contributed by atoms with E-state index in [4.69, 9.17) is 16.3 Å². The van der Waals surface area contributed by atoms with Crippen LogP contribution in [-0.2, 0) is 19.2 Å². The number of amides is 6. The molecule has 18 heteroatoms. The van der Waals surface area contributed by atoms with Gasteiger partial charge in [0, 0.05) is 107 Å². The molecular formula is C53H59ClF2N8O7. The highest BCUT2D eigenvalue weighted by Gasteiger charge is 2.45. The number of carbonyl (C=O) groups is 6. The van der Waals surface area contributed by atoms with E-state index in [-0.39, 0.29) is 65.2 Å². The maximum atomic E-state index is 15.5. The summed E-state index contributed by atoms with van der Waals surface area (Å²) in [6.07, 6.45) is 8.43. The number of pyridine rings is 1. The molecule has 15 nitrogen and oxygen atoms in total. The lowest BCUT2D eigenvalue weighted by Gasteiger charge is -2.43. The summed E-state index contributed by atoms with van der Waals surface area (Å²) in [7, 11) is 0. The van der Waals surface area contributed by atoms with Gasteiger partial charge in [0.1, 0.15) is 29.5 Å². The summed E-state index contributed by atoms with van der Waals surface area (Å²) in [6.45, 7) is 7.48. The van der Waals surface area contributed by atoms with Gasteiger partial charge in [-0.25, -0.2) is 8.78 Å². The first kappa shape index (κ1) is 48.6. The SMILES string of the molecule is C[C@@H](C(=O)Nc1ccc(Cl)c(OC2CCN(C(=O)CN3CCC(N4CCN(c5cc6c(cc5F)C(=O)N(C5CCC(=O)NC5=O)C6=O)CC4)CC3)CC2)c1)[C@H]1CC[C@@H](c2ccnc3ccc(F)cc32)CC1. The molecule has 0 bridgehead atoms. The molecule has 2 atom stereocenters. The molecule has 71 heavy (non-hydrogen) atoms. The summed E-state index contributed by atoms with van der Waals surface area (Å²) in [5, 5.41) is 6.59. The topological polar surface area (TPSA) is 165 Å². The Labute approximate surface area is 416 Å². The van der Waals surface area contributed by atoms with Gasteiger partial charge in [-0.15, -0.1) is 0 Å². The van der Waals surface area contributed by atoms with Crippen LogP contribution in [-0.4, -0.2) is 137 Å². The van der Waals surface area contributed by atoms with Crippen LogP contribution < -0.4 is 20.3 Å². The van der Waals surface area contributed by atoms with Crippen LogP contribution in [0.2, 0.25) is 5.02 Å². The molecule has 1 aromatic heterocycles. The Morgan fingerprint density at radius 3 is 2.25 bits per heavy atom. The van der Waals surface area contributed by atoms with E-state index in [1.165, 1.54) is 12.1 Å². The van der Waals surface area contributed by atoms with E-state index in [2.05, 4.69) is 25.4 Å². The number of nitrogens with one attached hydrogen (secondary N) is 2. The molecule has 0 radical (unpaired) electrons. The third-order valence-electron chi connectivity index (χ3n) is 16.0. The number of hydrogen-bond donors (Lipinski definition) is 2. The minimum atomic E-state index is -1.12. The molecule has 10 rings (SSSR count). The van der Waals surface area contributed by atoms with Gasteiger partial charge in [-0.05, 0) is 111 Å². The zero-order valence-corrected chi connectivity index (χ0v) is 40.6. The quantitative estimate of drug-likeness (QED) is 0.153. The van der Waals surface area contributed by atoms with E-state index in [1.54, 1.807) is 36.5 Å². The van der Waals surface area contributed by atoms with Gasteiger partial charge in [0.25, 0.3) is 11.8 Å². The van der Waals surface area contributed by atoms with Crippen LogP contribution in [0.1, 0.15) is 103 Å². The number of benzene rings is 3. The van der Waals surface area contributed by atoms with Gasteiger partial charge in [-0.3, -0.25) is 53.8 Å². The second-order valence-corrected chi connectivity index (χ2v) is 20.5. The molecule has 2 N–H and O–H groups in total. The maximum absolute atomic E-state index is 15.5. The van der Waals surface area contributed by atoms with Crippen molar-refractivity contribution in [2.24, 2.45) is 11.8 Å². The van der Waals surface area contributed by atoms with Crippen molar-refractivity contribution in [1.29, 1.82) is 0 Å². The molecule has 4 aromatic rings. The number of nitrogens with zero attached hydrogens (tertiary/aromatic N) is 6. The zero-order chi connectivity index (χ0) is 49.5. The Hall–Kier alpha value is -6.04. The molecule has 4 saturated heterocycles. The van der Waals surface area contributed by atoms with Crippen molar-refractivity contribution in [3.63, 3.8) is 0 Å². The van der Waals surface area contributed by atoms with Crippen LogP contribution >= 0.6 is 11.6 Å². The Kier molecular flexibility index (Phi) is 14.1. The third-order valence-corrected chi connectivity index (χ3v) is 16.3. The van der Waals surface area contributed by atoms with E-state index in [0.717, 1.165) is 79.0 Å². The number of hydrogen-bond acceptors (Lipinski definition) is 11. The predicted molar refractivity (Wildman–Crippen MR) is 262 cm³/mol. The largest absolute Gasteiger partial charge is 0.489 e. The van der Waals surface area contributed by atoms with Crippen LogP contribution in [0.3, 0.4) is 0 Å². The Morgan fingerprint density at radius 2 is 1.54 bits per heavy atom. The highest BCUT2D eigenvalue weighted by atomic mass is 35.5. The fraction of sp³-hybridized carbons (Fsp3) is 0.491. The molecule has 1 unspecified atom stereocenters. The summed E-state index contributed by atoms with van der Waals surface area (Å²) in [4.78, 5) is 91.4. The minimum Gasteiger partial charge on any atom is -0.489 e. The lowest BCUT2D eigenvalue weighted by Crippen LogP contribution is -2.54. The standard InChI is InChI=1S/C53H59ClF2N8O7/c1-31(32-2-4-33(5-3-32)38-12-17-57-44-9-6-34(55)26-39(38)44)50(67)58-35-7-8-42(54)47(27-35)71-37-15-20-63(21-16-37)49(66)30-60-18-13-36(14-19-60)61-22-24-62(25-23-61)46-29-41-40(28-43(46)56)52(69)64(53(41)70)45-10-11-48(65)59-51(45)68/h6-9,12,17,26-29,31-33,36-37,45H,2-5,10-11,13-16,18-25,30H2,1H3,(H,58,67)(H,59,65,68)/t31-,32-,33+,45?/m1/s1. The molecular weight excluding hydrogens is 934 g/mol. The highest BCUT2D eigenvalue weighted by Crippen LogP contribution is 2.42. The van der Waals surface area contributed by atoms with Crippen molar-refractivity contribution < 1.29 is 42.3 Å². The van der Waals surface area contributed by atoms with Crippen molar-refractivity contribution in [2.45, 2.75) is 95.2 Å². The second-order valence-electron chi connectivity index (χ2n) is 20.1. The zero-order valence-electron chi connectivity index (χ0n) is 39.8. The lowest BCUT2D eigenvalue weighted by molar-refractivity contribution is -0.136. The molecule has 6 amide bonds. The van der Waals surface area contributed by atoms with Gasteiger partial charge < -0.3 is 19.9 Å². The predicted octanol–water partition coefficient (Wildman–Crippen LogP) is 6.77. The molecule has 5 aliphatic heterocycles. The van der Waals surface area contributed by atoms with Crippen molar-refractivity contribution in [3.8, 4) is 5.75 Å². The monoisotopic (exact) mass is 992 g/mol. The van der Waals surface area contributed by atoms with E-state index in [9.17, 15) is 33.2 Å². The number of likely N-dealkylation sites (tertiary alicyclic amines) is 2. The molecule has 6 aliphatic rings. The van der Waals surface area contributed by atoms with E-state index >= 15 is 4.39 Å². The van der Waals surface area contributed by atoms with Gasteiger partial charge in [-0.2, -0.15) is 0 Å². The van der Waals surface area contributed by atoms with Crippen molar-refractivity contribution in [1.82, 2.24) is 29.9 Å².